The summed E-state index contributed by atoms with van der Waals surface area (Å²) in [5.74, 6) is 1.66. The Morgan fingerprint density at radius 3 is 2.81 bits per heavy atom. The van der Waals surface area contributed by atoms with Crippen molar-refractivity contribution < 1.29 is 14.3 Å². The summed E-state index contributed by atoms with van der Waals surface area (Å²) in [6, 6.07) is 6.46. The van der Waals surface area contributed by atoms with Crippen LogP contribution in [0.3, 0.4) is 0 Å². The highest BCUT2D eigenvalue weighted by molar-refractivity contribution is 5.78. The SMILES string of the molecule is CC(NCC(=O)NC1CC1)c1ccc2c(c1)OCCCO2. The van der Waals surface area contributed by atoms with Crippen molar-refractivity contribution in [3.63, 3.8) is 0 Å². The van der Waals surface area contributed by atoms with Crippen molar-refractivity contribution >= 4 is 5.91 Å². The van der Waals surface area contributed by atoms with Gasteiger partial charge in [-0.1, -0.05) is 6.07 Å². The molecule has 1 atom stereocenters. The van der Waals surface area contributed by atoms with Gasteiger partial charge in [0.25, 0.3) is 0 Å². The molecule has 5 nitrogen and oxygen atoms in total. The summed E-state index contributed by atoms with van der Waals surface area (Å²) in [6.45, 7) is 3.76. The van der Waals surface area contributed by atoms with Crippen LogP contribution in [0.15, 0.2) is 18.2 Å². The third-order valence-corrected chi connectivity index (χ3v) is 3.78. The Labute approximate surface area is 125 Å². The maximum atomic E-state index is 11.7. The number of nitrogens with one attached hydrogen (secondary N) is 2. The summed E-state index contributed by atoms with van der Waals surface area (Å²) in [6.07, 6.45) is 3.13. The average molecular weight is 290 g/mol. The van der Waals surface area contributed by atoms with Gasteiger partial charge in [0.1, 0.15) is 0 Å². The number of rotatable bonds is 5. The highest BCUT2D eigenvalue weighted by atomic mass is 16.5. The van der Waals surface area contributed by atoms with Gasteiger partial charge in [0.15, 0.2) is 11.5 Å². The number of ether oxygens (including phenoxy) is 2. The topological polar surface area (TPSA) is 59.6 Å². The Bertz CT molecular complexity index is 514. The van der Waals surface area contributed by atoms with E-state index in [1.54, 1.807) is 0 Å². The van der Waals surface area contributed by atoms with Gasteiger partial charge in [-0.25, -0.2) is 0 Å². The van der Waals surface area contributed by atoms with Crippen LogP contribution in [0.4, 0.5) is 0 Å². The second-order valence-corrected chi connectivity index (χ2v) is 5.70. The van der Waals surface area contributed by atoms with Crippen molar-refractivity contribution in [1.82, 2.24) is 10.6 Å². The Morgan fingerprint density at radius 2 is 2.05 bits per heavy atom. The smallest absolute Gasteiger partial charge is 0.234 e. The van der Waals surface area contributed by atoms with Crippen LogP contribution in [0.1, 0.15) is 37.8 Å². The average Bonchev–Trinajstić information content (AvgIpc) is 3.30. The third kappa shape index (κ3) is 3.88. The van der Waals surface area contributed by atoms with Crippen molar-refractivity contribution in [2.45, 2.75) is 38.3 Å². The molecule has 21 heavy (non-hydrogen) atoms. The molecule has 1 aliphatic heterocycles. The van der Waals surface area contributed by atoms with E-state index in [4.69, 9.17) is 9.47 Å². The van der Waals surface area contributed by atoms with E-state index in [1.165, 1.54) is 0 Å². The maximum absolute atomic E-state index is 11.7. The fraction of sp³-hybridized carbons (Fsp3) is 0.562. The second-order valence-electron chi connectivity index (χ2n) is 5.70. The van der Waals surface area contributed by atoms with E-state index in [1.807, 2.05) is 25.1 Å². The molecule has 114 valence electrons. The standard InChI is InChI=1S/C16H22N2O3/c1-11(17-10-16(19)18-13-4-5-13)12-3-6-14-15(9-12)21-8-2-7-20-14/h3,6,9,11,13,17H,2,4-5,7-8,10H2,1H3,(H,18,19). The minimum Gasteiger partial charge on any atom is -0.490 e. The van der Waals surface area contributed by atoms with E-state index < -0.39 is 0 Å². The molecule has 1 heterocycles. The summed E-state index contributed by atoms with van der Waals surface area (Å²) in [7, 11) is 0. The zero-order chi connectivity index (χ0) is 14.7. The van der Waals surface area contributed by atoms with Crippen LogP contribution in [0.25, 0.3) is 0 Å². The van der Waals surface area contributed by atoms with Crippen LogP contribution >= 0.6 is 0 Å². The third-order valence-electron chi connectivity index (χ3n) is 3.78. The first-order valence-electron chi connectivity index (χ1n) is 7.64. The van der Waals surface area contributed by atoms with Gasteiger partial charge >= 0.3 is 0 Å². The van der Waals surface area contributed by atoms with Gasteiger partial charge in [0, 0.05) is 18.5 Å². The number of hydrogen-bond donors (Lipinski definition) is 2. The van der Waals surface area contributed by atoms with Crippen LogP contribution in [-0.2, 0) is 4.79 Å². The highest BCUT2D eigenvalue weighted by Crippen LogP contribution is 2.32. The molecular formula is C16H22N2O3. The summed E-state index contributed by atoms with van der Waals surface area (Å²) in [5.41, 5.74) is 1.10. The largest absolute Gasteiger partial charge is 0.490 e. The van der Waals surface area contributed by atoms with E-state index in [0.29, 0.717) is 25.8 Å². The summed E-state index contributed by atoms with van der Waals surface area (Å²) < 4.78 is 11.3. The van der Waals surface area contributed by atoms with Crippen LogP contribution < -0.4 is 20.1 Å². The van der Waals surface area contributed by atoms with Gasteiger partial charge in [-0.2, -0.15) is 0 Å². The number of amides is 1. The van der Waals surface area contributed by atoms with E-state index in [2.05, 4.69) is 10.6 Å². The molecular weight excluding hydrogens is 268 g/mol. The van der Waals surface area contributed by atoms with Gasteiger partial charge in [0.05, 0.1) is 19.8 Å². The van der Waals surface area contributed by atoms with E-state index in [9.17, 15) is 4.79 Å². The first-order valence-corrected chi connectivity index (χ1v) is 7.64. The molecule has 2 N–H and O–H groups in total. The molecule has 3 rings (SSSR count). The number of benzene rings is 1. The van der Waals surface area contributed by atoms with Crippen molar-refractivity contribution in [2.75, 3.05) is 19.8 Å². The molecule has 1 aliphatic carbocycles. The number of hydrogen-bond acceptors (Lipinski definition) is 4. The van der Waals surface area contributed by atoms with Crippen LogP contribution in [0, 0.1) is 0 Å². The summed E-state index contributed by atoms with van der Waals surface area (Å²) in [4.78, 5) is 11.7. The molecule has 5 heteroatoms. The molecule has 0 bridgehead atoms. The normalized spacial score (nSPS) is 18.7. The van der Waals surface area contributed by atoms with E-state index >= 15 is 0 Å². The maximum Gasteiger partial charge on any atom is 0.234 e. The minimum atomic E-state index is 0.0682. The summed E-state index contributed by atoms with van der Waals surface area (Å²) in [5, 5.41) is 6.22. The molecule has 0 aromatic heterocycles. The molecule has 0 radical (unpaired) electrons. The molecule has 1 unspecified atom stereocenters. The number of fused-ring (bicyclic) bond motifs is 1. The zero-order valence-corrected chi connectivity index (χ0v) is 12.4. The van der Waals surface area contributed by atoms with Gasteiger partial charge in [-0.05, 0) is 37.5 Å². The monoisotopic (exact) mass is 290 g/mol. The second kappa shape index (κ2) is 6.35. The first kappa shape index (κ1) is 14.2. The van der Waals surface area contributed by atoms with E-state index in [-0.39, 0.29) is 11.9 Å². The van der Waals surface area contributed by atoms with Crippen molar-refractivity contribution in [3.05, 3.63) is 23.8 Å². The fourth-order valence-electron chi connectivity index (χ4n) is 2.32. The molecule has 0 spiro atoms. The van der Waals surface area contributed by atoms with Gasteiger partial charge in [0.2, 0.25) is 5.91 Å². The Kier molecular flexibility index (Phi) is 4.29. The van der Waals surface area contributed by atoms with Crippen LogP contribution in [0.2, 0.25) is 0 Å². The molecule has 0 saturated heterocycles. The Balaban J connectivity index is 1.57. The van der Waals surface area contributed by atoms with Crippen molar-refractivity contribution in [1.29, 1.82) is 0 Å². The minimum absolute atomic E-state index is 0.0682. The molecule has 1 fully saturated rings. The molecule has 1 aromatic carbocycles. The van der Waals surface area contributed by atoms with Crippen molar-refractivity contribution in [3.8, 4) is 11.5 Å². The van der Waals surface area contributed by atoms with Gasteiger partial charge in [-0.3, -0.25) is 4.79 Å². The first-order chi connectivity index (χ1) is 10.2. The lowest BCUT2D eigenvalue weighted by Gasteiger charge is -2.16. The van der Waals surface area contributed by atoms with Gasteiger partial charge in [-0.15, -0.1) is 0 Å². The zero-order valence-electron chi connectivity index (χ0n) is 12.4. The lowest BCUT2D eigenvalue weighted by atomic mass is 10.1. The molecule has 1 amide bonds. The van der Waals surface area contributed by atoms with E-state index in [0.717, 1.165) is 36.3 Å². The number of carbonyl (C=O) groups is 1. The lowest BCUT2D eigenvalue weighted by molar-refractivity contribution is -0.120. The molecule has 1 aromatic rings. The fourth-order valence-corrected chi connectivity index (χ4v) is 2.32. The number of carbonyl (C=O) groups excluding carboxylic acids is 1. The highest BCUT2D eigenvalue weighted by Gasteiger charge is 2.23. The Hall–Kier alpha value is -1.75. The Morgan fingerprint density at radius 1 is 1.29 bits per heavy atom. The van der Waals surface area contributed by atoms with Crippen LogP contribution in [-0.4, -0.2) is 31.7 Å². The van der Waals surface area contributed by atoms with Crippen molar-refractivity contribution in [2.24, 2.45) is 0 Å². The quantitative estimate of drug-likeness (QED) is 0.868. The molecule has 1 saturated carbocycles. The predicted octanol–water partition coefficient (Wildman–Crippen LogP) is 1.78. The molecule has 2 aliphatic rings. The lowest BCUT2D eigenvalue weighted by Crippen LogP contribution is -2.36. The summed E-state index contributed by atoms with van der Waals surface area (Å²) >= 11 is 0. The van der Waals surface area contributed by atoms with Gasteiger partial charge < -0.3 is 20.1 Å². The van der Waals surface area contributed by atoms with Crippen LogP contribution in [0.5, 0.6) is 11.5 Å². The predicted molar refractivity (Wildman–Crippen MR) is 79.6 cm³/mol.